The summed E-state index contributed by atoms with van der Waals surface area (Å²) >= 11 is 5.77. The summed E-state index contributed by atoms with van der Waals surface area (Å²) in [5.41, 5.74) is 6.37. The zero-order valence-corrected chi connectivity index (χ0v) is 8.50. The Hall–Kier alpha value is -1.02. The third-order valence-corrected chi connectivity index (χ3v) is 2.88. The second-order valence-corrected chi connectivity index (χ2v) is 4.21. The molecule has 0 radical (unpaired) electrons. The van der Waals surface area contributed by atoms with Gasteiger partial charge in [-0.2, -0.15) is 0 Å². The summed E-state index contributed by atoms with van der Waals surface area (Å²) in [7, 11) is 0. The SMILES string of the molecule is NC(=O)C(c1ccc(Cl)cc1)C1CC1. The number of hydrogen-bond acceptors (Lipinski definition) is 1. The molecule has 1 amide bonds. The molecule has 0 bridgehead atoms. The van der Waals surface area contributed by atoms with Gasteiger partial charge in [-0.15, -0.1) is 0 Å². The Bertz CT molecular complexity index is 343. The Morgan fingerprint density at radius 3 is 2.36 bits per heavy atom. The van der Waals surface area contributed by atoms with Gasteiger partial charge in [0.05, 0.1) is 5.92 Å². The average molecular weight is 210 g/mol. The highest BCUT2D eigenvalue weighted by molar-refractivity contribution is 6.30. The number of carbonyl (C=O) groups excluding carboxylic acids is 1. The van der Waals surface area contributed by atoms with Gasteiger partial charge >= 0.3 is 0 Å². The second-order valence-electron chi connectivity index (χ2n) is 3.77. The van der Waals surface area contributed by atoms with Crippen molar-refractivity contribution in [2.75, 3.05) is 0 Å². The van der Waals surface area contributed by atoms with Crippen LogP contribution in [0.1, 0.15) is 24.3 Å². The van der Waals surface area contributed by atoms with Crippen molar-refractivity contribution in [3.63, 3.8) is 0 Å². The Balaban J connectivity index is 2.26. The Morgan fingerprint density at radius 1 is 1.36 bits per heavy atom. The van der Waals surface area contributed by atoms with Crippen molar-refractivity contribution < 1.29 is 4.79 Å². The van der Waals surface area contributed by atoms with Gasteiger partial charge in [0.2, 0.25) is 5.91 Å². The lowest BCUT2D eigenvalue weighted by Crippen LogP contribution is -2.22. The van der Waals surface area contributed by atoms with Crippen LogP contribution in [0.2, 0.25) is 5.02 Å². The van der Waals surface area contributed by atoms with E-state index < -0.39 is 0 Å². The van der Waals surface area contributed by atoms with Crippen LogP contribution in [0.5, 0.6) is 0 Å². The first-order valence-corrected chi connectivity index (χ1v) is 5.11. The second kappa shape index (κ2) is 3.62. The number of carbonyl (C=O) groups is 1. The summed E-state index contributed by atoms with van der Waals surface area (Å²) < 4.78 is 0. The molecule has 1 aliphatic rings. The number of nitrogens with two attached hydrogens (primary N) is 1. The van der Waals surface area contributed by atoms with Crippen LogP contribution in [0.3, 0.4) is 0 Å². The third-order valence-electron chi connectivity index (χ3n) is 2.63. The molecule has 1 fully saturated rings. The standard InChI is InChI=1S/C11H12ClNO/c12-9-5-3-8(4-6-9)10(11(13)14)7-1-2-7/h3-7,10H,1-2H2,(H2,13,14). The minimum atomic E-state index is -0.227. The Kier molecular flexibility index (Phi) is 2.46. The van der Waals surface area contributed by atoms with Crippen LogP contribution in [0.15, 0.2) is 24.3 Å². The van der Waals surface area contributed by atoms with Crippen molar-refractivity contribution in [2.24, 2.45) is 11.7 Å². The number of amides is 1. The fourth-order valence-corrected chi connectivity index (χ4v) is 1.89. The van der Waals surface area contributed by atoms with E-state index in [1.165, 1.54) is 0 Å². The molecule has 2 nitrogen and oxygen atoms in total. The molecule has 1 aromatic rings. The summed E-state index contributed by atoms with van der Waals surface area (Å²) in [6.07, 6.45) is 2.21. The third kappa shape index (κ3) is 1.90. The molecule has 0 aliphatic heterocycles. The molecule has 1 saturated carbocycles. The average Bonchev–Trinajstić information content (AvgIpc) is 2.92. The molecule has 1 unspecified atom stereocenters. The van der Waals surface area contributed by atoms with Gasteiger partial charge in [-0.1, -0.05) is 23.7 Å². The molecule has 1 aliphatic carbocycles. The monoisotopic (exact) mass is 209 g/mol. The highest BCUT2D eigenvalue weighted by Crippen LogP contribution is 2.42. The highest BCUT2D eigenvalue weighted by Gasteiger charge is 2.35. The topological polar surface area (TPSA) is 43.1 Å². The van der Waals surface area contributed by atoms with Crippen molar-refractivity contribution in [1.82, 2.24) is 0 Å². The number of benzene rings is 1. The van der Waals surface area contributed by atoms with Gasteiger partial charge in [-0.05, 0) is 36.5 Å². The minimum absolute atomic E-state index is 0.118. The lowest BCUT2D eigenvalue weighted by atomic mass is 9.94. The number of primary amides is 1. The van der Waals surface area contributed by atoms with E-state index in [0.29, 0.717) is 10.9 Å². The van der Waals surface area contributed by atoms with Crippen molar-refractivity contribution >= 4 is 17.5 Å². The van der Waals surface area contributed by atoms with Crippen LogP contribution in [0.25, 0.3) is 0 Å². The molecule has 1 aromatic carbocycles. The summed E-state index contributed by atoms with van der Waals surface area (Å²) in [4.78, 5) is 11.3. The molecule has 14 heavy (non-hydrogen) atoms. The van der Waals surface area contributed by atoms with Crippen LogP contribution in [0, 0.1) is 5.92 Å². The van der Waals surface area contributed by atoms with Gasteiger partial charge in [0.25, 0.3) is 0 Å². The highest BCUT2D eigenvalue weighted by atomic mass is 35.5. The Morgan fingerprint density at radius 2 is 1.93 bits per heavy atom. The summed E-state index contributed by atoms with van der Waals surface area (Å²) in [5, 5.41) is 0.688. The molecular weight excluding hydrogens is 198 g/mol. The Labute approximate surface area is 88.1 Å². The van der Waals surface area contributed by atoms with E-state index in [-0.39, 0.29) is 11.8 Å². The molecule has 2 N–H and O–H groups in total. The normalized spacial score (nSPS) is 17.8. The fraction of sp³-hybridized carbons (Fsp3) is 0.364. The van der Waals surface area contributed by atoms with Gasteiger partial charge in [0, 0.05) is 5.02 Å². The van der Waals surface area contributed by atoms with Crippen LogP contribution < -0.4 is 5.73 Å². The quantitative estimate of drug-likeness (QED) is 0.816. The number of hydrogen-bond donors (Lipinski definition) is 1. The van der Waals surface area contributed by atoms with Gasteiger partial charge in [-0.25, -0.2) is 0 Å². The van der Waals surface area contributed by atoms with Gasteiger partial charge in [0.15, 0.2) is 0 Å². The lowest BCUT2D eigenvalue weighted by molar-refractivity contribution is -0.119. The minimum Gasteiger partial charge on any atom is -0.369 e. The van der Waals surface area contributed by atoms with E-state index in [2.05, 4.69) is 0 Å². The van der Waals surface area contributed by atoms with Gasteiger partial charge in [0.1, 0.15) is 0 Å². The molecule has 3 heteroatoms. The van der Waals surface area contributed by atoms with E-state index in [1.54, 1.807) is 12.1 Å². The summed E-state index contributed by atoms with van der Waals surface area (Å²) in [6, 6.07) is 7.37. The maximum absolute atomic E-state index is 11.3. The number of rotatable bonds is 3. The maximum Gasteiger partial charge on any atom is 0.225 e. The van der Waals surface area contributed by atoms with E-state index in [9.17, 15) is 4.79 Å². The van der Waals surface area contributed by atoms with E-state index in [0.717, 1.165) is 18.4 Å². The van der Waals surface area contributed by atoms with Crippen molar-refractivity contribution in [3.05, 3.63) is 34.9 Å². The van der Waals surface area contributed by atoms with Crippen molar-refractivity contribution in [3.8, 4) is 0 Å². The molecule has 0 heterocycles. The smallest absolute Gasteiger partial charge is 0.225 e. The predicted molar refractivity (Wildman–Crippen MR) is 56.1 cm³/mol. The molecule has 0 saturated heterocycles. The number of halogens is 1. The lowest BCUT2D eigenvalue weighted by Gasteiger charge is -2.12. The molecule has 0 aromatic heterocycles. The van der Waals surface area contributed by atoms with Crippen molar-refractivity contribution in [2.45, 2.75) is 18.8 Å². The predicted octanol–water partition coefficient (Wildman–Crippen LogP) is 2.32. The van der Waals surface area contributed by atoms with Crippen LogP contribution in [-0.4, -0.2) is 5.91 Å². The summed E-state index contributed by atoms with van der Waals surface area (Å²) in [5.74, 6) is 0.107. The van der Waals surface area contributed by atoms with Crippen LogP contribution in [-0.2, 0) is 4.79 Å². The van der Waals surface area contributed by atoms with E-state index in [4.69, 9.17) is 17.3 Å². The maximum atomic E-state index is 11.3. The first-order valence-electron chi connectivity index (χ1n) is 4.73. The fourth-order valence-electron chi connectivity index (χ4n) is 1.77. The first-order chi connectivity index (χ1) is 6.68. The van der Waals surface area contributed by atoms with Gasteiger partial charge in [-0.3, -0.25) is 4.79 Å². The first kappa shape index (κ1) is 9.53. The zero-order chi connectivity index (χ0) is 10.1. The largest absolute Gasteiger partial charge is 0.369 e. The summed E-state index contributed by atoms with van der Waals surface area (Å²) in [6.45, 7) is 0. The van der Waals surface area contributed by atoms with Crippen LogP contribution in [0.4, 0.5) is 0 Å². The van der Waals surface area contributed by atoms with E-state index in [1.807, 2.05) is 12.1 Å². The molecule has 1 atom stereocenters. The molecule has 2 rings (SSSR count). The van der Waals surface area contributed by atoms with Gasteiger partial charge < -0.3 is 5.73 Å². The zero-order valence-electron chi connectivity index (χ0n) is 7.74. The molecule has 0 spiro atoms. The van der Waals surface area contributed by atoms with Crippen LogP contribution >= 0.6 is 11.6 Å². The molecular formula is C11H12ClNO. The van der Waals surface area contributed by atoms with E-state index >= 15 is 0 Å². The molecule has 74 valence electrons. The van der Waals surface area contributed by atoms with Crippen molar-refractivity contribution in [1.29, 1.82) is 0 Å².